The molecule has 3 aromatic rings. The van der Waals surface area contributed by atoms with Gasteiger partial charge in [-0.15, -0.1) is 5.10 Å². The highest BCUT2D eigenvalue weighted by Crippen LogP contribution is 2.35. The Morgan fingerprint density at radius 1 is 1.13 bits per heavy atom. The van der Waals surface area contributed by atoms with Crippen LogP contribution in [0.25, 0.3) is 22.9 Å². The quantitative estimate of drug-likeness (QED) is 0.553. The highest BCUT2D eigenvalue weighted by molar-refractivity contribution is 5.63. The van der Waals surface area contributed by atoms with Crippen LogP contribution in [0.1, 0.15) is 50.6 Å². The van der Waals surface area contributed by atoms with Gasteiger partial charge < -0.3 is 4.74 Å². The lowest BCUT2D eigenvalue weighted by Crippen LogP contribution is -2.25. The Kier molecular flexibility index (Phi) is 5.52. The molecule has 3 heterocycles. The van der Waals surface area contributed by atoms with E-state index >= 15 is 0 Å². The third-order valence-electron chi connectivity index (χ3n) is 6.31. The number of hydrogen-bond acceptors (Lipinski definition) is 5. The lowest BCUT2D eigenvalue weighted by molar-refractivity contribution is 0.0498. The molecule has 1 aliphatic heterocycles. The molecule has 1 aliphatic carbocycles. The fourth-order valence-corrected chi connectivity index (χ4v) is 4.24. The van der Waals surface area contributed by atoms with Crippen LogP contribution in [0, 0.1) is 11.8 Å². The van der Waals surface area contributed by atoms with Crippen molar-refractivity contribution in [2.24, 2.45) is 11.8 Å². The molecule has 31 heavy (non-hydrogen) atoms. The smallest absolute Gasteiger partial charge is 0.264 e. The average molecular weight is 428 g/mol. The van der Waals surface area contributed by atoms with Gasteiger partial charge in [0.05, 0.1) is 12.2 Å². The third kappa shape index (κ3) is 4.23. The standard InChI is InChI=1S/C22H26F2N6O/c1-14(16-8-10-31-11-9-16)30-22(19-13-29(28-26-19)12-15-6-7-15)25-21(27-30)18-5-3-2-4-17(18)20(23)24/h2-5,13-16,20H,6-12H2,1H3. The summed E-state index contributed by atoms with van der Waals surface area (Å²) in [4.78, 5) is 4.69. The molecule has 1 aromatic carbocycles. The second-order valence-corrected chi connectivity index (χ2v) is 8.55. The third-order valence-corrected chi connectivity index (χ3v) is 6.31. The molecule has 0 bridgehead atoms. The number of rotatable bonds is 7. The number of aromatic nitrogens is 6. The topological polar surface area (TPSA) is 70.7 Å². The van der Waals surface area contributed by atoms with E-state index in [2.05, 4.69) is 22.2 Å². The van der Waals surface area contributed by atoms with Crippen LogP contribution >= 0.6 is 0 Å². The molecule has 2 fully saturated rings. The molecule has 0 radical (unpaired) electrons. The SMILES string of the molecule is CC(C1CCOCC1)n1nc(-c2ccccc2C(F)F)nc1-c1cn(CC2CC2)nn1. The minimum absolute atomic E-state index is 0.0347. The summed E-state index contributed by atoms with van der Waals surface area (Å²) < 4.78 is 36.4. The van der Waals surface area contributed by atoms with Gasteiger partial charge in [-0.05, 0) is 44.4 Å². The van der Waals surface area contributed by atoms with E-state index in [0.29, 0.717) is 34.7 Å². The maximum absolute atomic E-state index is 13.6. The molecule has 0 N–H and O–H groups in total. The van der Waals surface area contributed by atoms with Crippen molar-refractivity contribution in [1.82, 2.24) is 29.8 Å². The van der Waals surface area contributed by atoms with Crippen molar-refractivity contribution in [3.63, 3.8) is 0 Å². The van der Waals surface area contributed by atoms with Crippen LogP contribution in [0.15, 0.2) is 30.5 Å². The number of alkyl halides is 2. The number of nitrogens with zero attached hydrogens (tertiary/aromatic N) is 6. The summed E-state index contributed by atoms with van der Waals surface area (Å²) in [6.45, 7) is 4.39. The maximum Gasteiger partial charge on any atom is 0.264 e. The predicted octanol–water partition coefficient (Wildman–Crippen LogP) is 4.54. The lowest BCUT2D eigenvalue weighted by Gasteiger charge is -2.28. The second kappa shape index (κ2) is 8.45. The molecule has 164 valence electrons. The molecular formula is C22H26F2N6O. The number of halogens is 2. The fraction of sp³-hybridized carbons (Fsp3) is 0.545. The molecule has 7 nitrogen and oxygen atoms in total. The van der Waals surface area contributed by atoms with Gasteiger partial charge in [0.15, 0.2) is 11.6 Å². The molecule has 2 aliphatic rings. The average Bonchev–Trinajstić information content (AvgIpc) is 3.31. The van der Waals surface area contributed by atoms with Gasteiger partial charge in [0.25, 0.3) is 6.43 Å². The fourth-order valence-electron chi connectivity index (χ4n) is 4.24. The lowest BCUT2D eigenvalue weighted by atomic mass is 9.93. The first-order chi connectivity index (χ1) is 15.1. The molecule has 1 saturated heterocycles. The molecule has 0 spiro atoms. The first-order valence-electron chi connectivity index (χ1n) is 10.9. The molecule has 9 heteroatoms. The Hall–Kier alpha value is -2.68. The first-order valence-corrected chi connectivity index (χ1v) is 10.9. The van der Waals surface area contributed by atoms with E-state index in [-0.39, 0.29) is 11.6 Å². The van der Waals surface area contributed by atoms with Gasteiger partial charge in [-0.2, -0.15) is 5.10 Å². The molecule has 1 atom stereocenters. The summed E-state index contributed by atoms with van der Waals surface area (Å²) in [6.07, 6.45) is 3.59. The van der Waals surface area contributed by atoms with Crippen molar-refractivity contribution in [2.75, 3.05) is 13.2 Å². The largest absolute Gasteiger partial charge is 0.381 e. The Bertz CT molecular complexity index is 1040. The summed E-state index contributed by atoms with van der Waals surface area (Å²) in [5, 5.41) is 13.3. The Morgan fingerprint density at radius 3 is 2.65 bits per heavy atom. The van der Waals surface area contributed by atoms with E-state index in [1.165, 1.54) is 18.9 Å². The van der Waals surface area contributed by atoms with Crippen molar-refractivity contribution in [2.45, 2.75) is 51.6 Å². The van der Waals surface area contributed by atoms with Crippen LogP contribution in [0.4, 0.5) is 8.78 Å². The van der Waals surface area contributed by atoms with Gasteiger partial charge in [0, 0.05) is 30.9 Å². The normalized spacial score (nSPS) is 18.6. The number of benzene rings is 1. The van der Waals surface area contributed by atoms with E-state index in [0.717, 1.165) is 32.6 Å². The van der Waals surface area contributed by atoms with E-state index in [4.69, 9.17) is 9.84 Å². The highest BCUT2D eigenvalue weighted by atomic mass is 19.3. The zero-order valence-corrected chi connectivity index (χ0v) is 17.5. The van der Waals surface area contributed by atoms with Crippen LogP contribution in [0.5, 0.6) is 0 Å². The van der Waals surface area contributed by atoms with Crippen LogP contribution in [0.3, 0.4) is 0 Å². The van der Waals surface area contributed by atoms with Crippen LogP contribution in [0.2, 0.25) is 0 Å². The molecular weight excluding hydrogens is 402 g/mol. The monoisotopic (exact) mass is 428 g/mol. The van der Waals surface area contributed by atoms with Crippen molar-refractivity contribution < 1.29 is 13.5 Å². The number of hydrogen-bond donors (Lipinski definition) is 0. The van der Waals surface area contributed by atoms with Crippen molar-refractivity contribution >= 4 is 0 Å². The van der Waals surface area contributed by atoms with E-state index in [1.54, 1.807) is 18.2 Å². The van der Waals surface area contributed by atoms with E-state index in [1.807, 2.05) is 15.6 Å². The highest BCUT2D eigenvalue weighted by Gasteiger charge is 2.29. The zero-order chi connectivity index (χ0) is 21.4. The second-order valence-electron chi connectivity index (χ2n) is 8.55. The van der Waals surface area contributed by atoms with Crippen molar-refractivity contribution in [3.05, 3.63) is 36.0 Å². The van der Waals surface area contributed by atoms with Gasteiger partial charge in [-0.3, -0.25) is 4.68 Å². The van der Waals surface area contributed by atoms with Crippen molar-refractivity contribution in [1.29, 1.82) is 0 Å². The first kappa shape index (κ1) is 20.2. The van der Waals surface area contributed by atoms with E-state index < -0.39 is 6.43 Å². The Balaban J connectivity index is 1.55. The minimum atomic E-state index is -2.60. The van der Waals surface area contributed by atoms with Gasteiger partial charge in [-0.25, -0.2) is 18.4 Å². The molecule has 0 amide bonds. The molecule has 2 aromatic heterocycles. The maximum atomic E-state index is 13.6. The van der Waals surface area contributed by atoms with Crippen molar-refractivity contribution in [3.8, 4) is 22.9 Å². The molecule has 1 unspecified atom stereocenters. The van der Waals surface area contributed by atoms with Crippen LogP contribution in [-0.2, 0) is 11.3 Å². The minimum Gasteiger partial charge on any atom is -0.381 e. The molecule has 5 rings (SSSR count). The summed E-state index contributed by atoms with van der Waals surface area (Å²) in [6, 6.07) is 6.45. The summed E-state index contributed by atoms with van der Waals surface area (Å²) in [5.41, 5.74) is 0.900. The number of ether oxygens (including phenoxy) is 1. The molecule has 1 saturated carbocycles. The van der Waals surface area contributed by atoms with Crippen LogP contribution < -0.4 is 0 Å². The van der Waals surface area contributed by atoms with Gasteiger partial charge in [0.2, 0.25) is 0 Å². The van der Waals surface area contributed by atoms with Gasteiger partial charge in [-0.1, -0.05) is 29.5 Å². The van der Waals surface area contributed by atoms with Crippen LogP contribution in [-0.4, -0.2) is 43.0 Å². The zero-order valence-electron chi connectivity index (χ0n) is 17.5. The van der Waals surface area contributed by atoms with E-state index in [9.17, 15) is 8.78 Å². The van der Waals surface area contributed by atoms with Gasteiger partial charge >= 0.3 is 0 Å². The predicted molar refractivity (Wildman–Crippen MR) is 110 cm³/mol. The summed E-state index contributed by atoms with van der Waals surface area (Å²) >= 11 is 0. The Morgan fingerprint density at radius 2 is 1.90 bits per heavy atom. The van der Waals surface area contributed by atoms with Gasteiger partial charge in [0.1, 0.15) is 5.69 Å². The Labute approximate surface area is 179 Å². The summed E-state index contributed by atoms with van der Waals surface area (Å²) in [5.74, 6) is 1.90. The summed E-state index contributed by atoms with van der Waals surface area (Å²) in [7, 11) is 0.